The predicted molar refractivity (Wildman–Crippen MR) is 523 cm³/mol. The summed E-state index contributed by atoms with van der Waals surface area (Å²) in [5.41, 5.74) is 2.26. The number of hydrogen-bond acceptors (Lipinski definition) is 20. The topological polar surface area (TPSA) is 374 Å². The molecule has 5 N–H and O–H groups in total. The van der Waals surface area contributed by atoms with Gasteiger partial charge in [0, 0.05) is 164 Å². The molecular weight excluding hydrogens is 1850 g/mol. The Hall–Kier alpha value is -17.4. The van der Waals surface area contributed by atoms with Crippen LogP contribution in [-0.4, -0.2) is 265 Å². The Balaban J connectivity index is 0.000000112. The monoisotopic (exact) mass is 1990 g/mol. The van der Waals surface area contributed by atoms with Gasteiger partial charge in [0.25, 0.3) is 0 Å². The van der Waals surface area contributed by atoms with E-state index >= 15 is 0 Å². The van der Waals surface area contributed by atoms with Gasteiger partial charge in [-0.2, -0.15) is 0 Å². The van der Waals surface area contributed by atoms with Crippen molar-refractivity contribution in [1.29, 1.82) is 0 Å². The van der Waals surface area contributed by atoms with E-state index in [0.29, 0.717) is 52.4 Å². The van der Waals surface area contributed by atoms with Gasteiger partial charge >= 0.3 is 0 Å². The van der Waals surface area contributed by atoms with E-state index in [-0.39, 0.29) is 146 Å². The number of amides is 10. The molecule has 20 heterocycles. The molecule has 15 aromatic rings. The molecule has 10 atom stereocenters. The number of aromatic nitrogens is 5. The fraction of sp³-hybridized carbons (Fsp3) is 0.273. The number of carbonyl (C=O) groups is 10. The molecule has 730 valence electrons. The third-order valence-corrected chi connectivity index (χ3v) is 26.9. The molecule has 15 aliphatic rings. The van der Waals surface area contributed by atoms with E-state index in [9.17, 15) is 54.8 Å². The van der Waals surface area contributed by atoms with Crippen LogP contribution in [0.3, 0.4) is 0 Å². The molecule has 2 unspecified atom stereocenters. The van der Waals surface area contributed by atoms with Crippen LogP contribution in [0.15, 0.2) is 212 Å². The molecule has 5 fully saturated rings. The number of rotatable bonds is 5. The number of ether oxygens (including phenoxy) is 10. The molecule has 15 aliphatic heterocycles. The zero-order chi connectivity index (χ0) is 135. The maximum absolute atomic E-state index is 14.1. The largest absolute Gasteiger partial charge is 0.454 e. The molecule has 0 spiro atoms. The van der Waals surface area contributed by atoms with Crippen LogP contribution in [-0.2, 0) is 80.0 Å². The smallest absolute Gasteiger partial charge is 0.245 e. The highest BCUT2D eigenvalue weighted by Crippen LogP contribution is 2.53. The van der Waals surface area contributed by atoms with Crippen LogP contribution in [0.25, 0.3) is 54.5 Å². The Labute approximate surface area is 884 Å². The number of nitrogens with one attached hydrogen (secondary N) is 5. The standard InChI is InChI=1S/5C22H19N3O4/c5*1-24-10-19(26)25-16(22(24)27)9-14-13-4-2-3-5-15(13)23-20(14)21(25)12-6-7-17-18(8-12)29-11-28-17/h5*2-8,16,21,23H,9-11H2,1H3/t2*16-,21?;3*16-,21-/m11111/s1/i1D3,2D,3D,4D,5D,6D,7D,8D,9D2,10D2,11D2,16D;1D3,6D,7D,8D,9D2,10D2,11D2,16D;2D,3D,4D,5D,11D2,21D;11D2,21D;21D. The van der Waals surface area contributed by atoms with Crippen molar-refractivity contribution in [2.45, 2.75) is 92.3 Å². The van der Waals surface area contributed by atoms with Crippen LogP contribution in [0, 0.1) is 0 Å². The number of hydrogen-bond donors (Lipinski definition) is 5. The first-order valence-corrected chi connectivity index (χ1v) is 44.7. The van der Waals surface area contributed by atoms with Gasteiger partial charge in [-0.05, 0) is 146 Å². The van der Waals surface area contributed by atoms with Crippen LogP contribution in [0.5, 0.6) is 57.5 Å². The minimum atomic E-state index is -3.80. The van der Waals surface area contributed by atoms with Crippen molar-refractivity contribution in [1.82, 2.24) is 73.9 Å². The van der Waals surface area contributed by atoms with Crippen LogP contribution in [0.2, 0.25) is 0 Å². The van der Waals surface area contributed by atoms with Gasteiger partial charge in [-0.3, -0.25) is 47.9 Å². The van der Waals surface area contributed by atoms with Gasteiger partial charge in [0.2, 0.25) is 92.8 Å². The summed E-state index contributed by atoms with van der Waals surface area (Å²) in [6.45, 7) is -25.6. The Morgan fingerprint density at radius 3 is 1.07 bits per heavy atom. The summed E-state index contributed by atoms with van der Waals surface area (Å²) in [6.07, 6.45) is -6.14. The van der Waals surface area contributed by atoms with Crippen molar-refractivity contribution in [3.8, 4) is 57.5 Å². The summed E-state index contributed by atoms with van der Waals surface area (Å²) in [4.78, 5) is 157. The highest BCUT2D eigenvalue weighted by Gasteiger charge is 2.55. The predicted octanol–water partition coefficient (Wildman–Crippen LogP) is 11.1. The highest BCUT2D eigenvalue weighted by atomic mass is 16.7. The number of benzene rings is 10. The third-order valence-electron chi connectivity index (χ3n) is 26.9. The molecule has 145 heavy (non-hydrogen) atoms. The number of piperazine rings is 5. The molecule has 0 bridgehead atoms. The van der Waals surface area contributed by atoms with Gasteiger partial charge < -0.3 is 121 Å². The average Bonchev–Trinajstić information content (AvgIpc) is 1.39. The normalized spacial score (nSPS) is 32.4. The second kappa shape index (κ2) is 33.9. The van der Waals surface area contributed by atoms with Crippen molar-refractivity contribution in [3.05, 3.63) is 296 Å². The average molecular weight is 1990 g/mol. The number of nitrogens with zero attached hydrogens (tertiary/aromatic N) is 10. The van der Waals surface area contributed by atoms with Crippen molar-refractivity contribution in [2.24, 2.45) is 0 Å². The van der Waals surface area contributed by atoms with Gasteiger partial charge in [-0.1, -0.05) is 121 Å². The van der Waals surface area contributed by atoms with Gasteiger partial charge in [0.1, 0.15) is 41.1 Å². The fourth-order valence-electron chi connectivity index (χ4n) is 20.5. The van der Waals surface area contributed by atoms with Crippen molar-refractivity contribution in [3.63, 3.8) is 0 Å². The van der Waals surface area contributed by atoms with Crippen molar-refractivity contribution < 1.29 is 152 Å². The Morgan fingerprint density at radius 1 is 0.310 bits per heavy atom. The molecule has 5 saturated heterocycles. The van der Waals surface area contributed by atoms with E-state index in [0.717, 1.165) is 37.8 Å². The second-order valence-corrected chi connectivity index (χ2v) is 35.0. The molecule has 0 aliphatic carbocycles. The van der Waals surface area contributed by atoms with Gasteiger partial charge in [-0.25, -0.2) is 0 Å². The molecule has 35 heteroatoms. The van der Waals surface area contributed by atoms with Crippen LogP contribution >= 0.6 is 0 Å². The maximum atomic E-state index is 14.1. The Morgan fingerprint density at radius 2 is 0.641 bits per heavy atom. The van der Waals surface area contributed by atoms with E-state index in [4.69, 9.17) is 96.7 Å². The highest BCUT2D eigenvalue weighted by molar-refractivity contribution is 6.03. The zero-order valence-corrected chi connectivity index (χ0v) is 75.1. The lowest BCUT2D eigenvalue weighted by Crippen LogP contribution is -2.62. The minimum absolute atomic E-state index is 0.0149. The maximum Gasteiger partial charge on any atom is 0.245 e. The lowest BCUT2D eigenvalue weighted by molar-refractivity contribution is -0.157. The van der Waals surface area contributed by atoms with E-state index in [1.165, 1.54) is 80.1 Å². The van der Waals surface area contributed by atoms with Gasteiger partial charge in [0.05, 0.1) is 94.3 Å². The fourth-order valence-corrected chi connectivity index (χ4v) is 20.5. The lowest BCUT2D eigenvalue weighted by atomic mass is 9.86. The second-order valence-electron chi connectivity index (χ2n) is 35.0. The lowest BCUT2D eigenvalue weighted by Gasteiger charge is -2.46. The number of carbonyl (C=O) groups excluding carboxylic acids is 10. The summed E-state index contributed by atoms with van der Waals surface area (Å²) >= 11 is 0. The number of aromatic amines is 5. The van der Waals surface area contributed by atoms with Gasteiger partial charge in [0.15, 0.2) is 57.5 Å². The number of para-hydroxylation sites is 5. The quantitative estimate of drug-likeness (QED) is 0.107. The first-order valence-electron chi connectivity index (χ1n) is 65.2. The summed E-state index contributed by atoms with van der Waals surface area (Å²) in [6, 6.07) is 5.76. The zero-order valence-electron chi connectivity index (χ0n) is 116. The number of likely N-dealkylation sites (N-methyl/N-ethyl adjacent to an activating group) is 5. The van der Waals surface area contributed by atoms with Crippen LogP contribution in [0.4, 0.5) is 0 Å². The van der Waals surface area contributed by atoms with E-state index in [1.54, 1.807) is 44.4 Å². The first-order chi connectivity index (χ1) is 86.6. The Bertz CT molecular complexity index is 10400. The molecule has 35 nitrogen and oxygen atoms in total. The van der Waals surface area contributed by atoms with Crippen LogP contribution < -0.4 is 47.4 Å². The third kappa shape index (κ3) is 14.2. The molecule has 5 aromatic heterocycles. The van der Waals surface area contributed by atoms with E-state index in [1.807, 2.05) is 48.5 Å². The first kappa shape index (κ1) is 54.6. The number of H-pyrrole nitrogens is 5. The van der Waals surface area contributed by atoms with Crippen molar-refractivity contribution >= 4 is 114 Å². The SMILES string of the molecule is [2H]C1([2H])Oc2ccc([C@]3([2H])c4[nH]c5ccccc5c4C[C@@H]4C(=O)N(C)CC(=O)N43)cc2O1.[2H][C@@]1(c2ccc3c(c2)OCO3)c2[nH]c3ccccc3c2C[C@@H]2C(=O)N(C)CC(=O)N21.[2H]c1c([2H])c(C2c3[nH]c4c([2H])c([2H])c([2H])c([2H])c4c3C([2H])([2H])[C@]3([2H])C(=O)N(C([2H])([2H])[2H])C([2H])([2H])C(=O)N23)c([2H])c2c1OC([2H])([2H])O2.[2H]c1c([2H])c(C2c3[nH]c4ccccc4c3C([2H])([2H])[C@]3([2H])C(=O)N(C([2H])([2H])[2H])C([2H])([2H])C(=O)N23)c([2H])c2c1OC([2H])([2H])O2.[2H]c1c([2H])c([2H])c2c3c([nH]c2c1[2H])[C@@]([2H])(c1ccc2c(c1)OC([2H])([2H])O2)N1C(=O)CN(C)C(=O)[C@H]1C3. The van der Waals surface area contributed by atoms with E-state index in [2.05, 4.69) is 24.9 Å². The minimum Gasteiger partial charge on any atom is -0.454 e. The van der Waals surface area contributed by atoms with Crippen molar-refractivity contribution in [2.75, 3.05) is 101 Å². The number of fused-ring (bicyclic) bond motifs is 25. The molecule has 10 amide bonds. The molecule has 0 saturated carbocycles. The Kier molecular flexibility index (Phi) is 12.8. The summed E-state index contributed by atoms with van der Waals surface area (Å²) in [5, 5.41) is 1.53. The van der Waals surface area contributed by atoms with E-state index < -0.39 is 301 Å². The summed E-state index contributed by atoms with van der Waals surface area (Å²) < 4.78 is 396. The summed E-state index contributed by atoms with van der Waals surface area (Å²) in [7, 11) is 4.72. The molecule has 30 rings (SSSR count). The van der Waals surface area contributed by atoms with Crippen LogP contribution in [0.1, 0.15) is 170 Å². The molecule has 10 aromatic carbocycles. The summed E-state index contributed by atoms with van der Waals surface area (Å²) in [5.74, 6) is -10.8. The molecular formula is C110H95N15O20. The molecule has 0 radical (unpaired) electrons. The van der Waals surface area contributed by atoms with Gasteiger partial charge in [-0.15, -0.1) is 0 Å².